The standard InChI is InChI=1S/C28H32N/c1-20-9-5-6-10-25(20)27-16-26(21(2)19-29(27)3)22-11-12-23-17-28(18-24(23)15-22)13-7-4-8-14-28/h5-6,9-12,15-16,19H,4,7-8,13-14,17-18H2,1-3H3/q+1. The molecule has 0 amide bonds. The van der Waals surface area contributed by atoms with Crippen molar-refractivity contribution in [3.05, 3.63) is 77.0 Å². The van der Waals surface area contributed by atoms with Crippen molar-refractivity contribution in [2.75, 3.05) is 0 Å². The van der Waals surface area contributed by atoms with E-state index in [9.17, 15) is 0 Å². The van der Waals surface area contributed by atoms with E-state index < -0.39 is 0 Å². The van der Waals surface area contributed by atoms with Crippen LogP contribution in [0.1, 0.15) is 54.4 Å². The molecule has 0 bridgehead atoms. The van der Waals surface area contributed by atoms with Crippen molar-refractivity contribution in [1.82, 2.24) is 0 Å². The molecule has 1 fully saturated rings. The molecule has 0 unspecified atom stereocenters. The first-order valence-corrected chi connectivity index (χ1v) is 11.2. The van der Waals surface area contributed by atoms with Gasteiger partial charge in [-0.15, -0.1) is 0 Å². The molecule has 1 nitrogen and oxygen atoms in total. The van der Waals surface area contributed by atoms with E-state index in [0.29, 0.717) is 5.41 Å². The van der Waals surface area contributed by atoms with Crippen LogP contribution < -0.4 is 4.57 Å². The SMILES string of the molecule is Cc1c[n+](C)c(-c2ccccc2C)cc1-c1ccc2c(c1)CC1(CCCCC1)C2. The molecule has 148 valence electrons. The lowest BCUT2D eigenvalue weighted by atomic mass is 9.72. The van der Waals surface area contributed by atoms with E-state index in [2.05, 4.69) is 80.2 Å². The zero-order valence-corrected chi connectivity index (χ0v) is 18.1. The summed E-state index contributed by atoms with van der Waals surface area (Å²) in [7, 11) is 2.16. The van der Waals surface area contributed by atoms with Crippen molar-refractivity contribution in [1.29, 1.82) is 0 Å². The number of aromatic nitrogens is 1. The molecular weight excluding hydrogens is 350 g/mol. The number of nitrogens with zero attached hydrogens (tertiary/aromatic N) is 1. The highest BCUT2D eigenvalue weighted by atomic mass is 14.9. The van der Waals surface area contributed by atoms with Gasteiger partial charge in [0.2, 0.25) is 5.69 Å². The summed E-state index contributed by atoms with van der Waals surface area (Å²) >= 11 is 0. The zero-order chi connectivity index (χ0) is 20.0. The average molecular weight is 383 g/mol. The van der Waals surface area contributed by atoms with E-state index in [4.69, 9.17) is 0 Å². The smallest absolute Gasteiger partial charge is 0.201 e. The zero-order valence-electron chi connectivity index (χ0n) is 18.1. The maximum atomic E-state index is 2.50. The molecule has 29 heavy (non-hydrogen) atoms. The summed E-state index contributed by atoms with van der Waals surface area (Å²) in [5, 5.41) is 0. The molecule has 0 N–H and O–H groups in total. The first-order valence-electron chi connectivity index (χ1n) is 11.2. The minimum Gasteiger partial charge on any atom is -0.201 e. The van der Waals surface area contributed by atoms with Gasteiger partial charge >= 0.3 is 0 Å². The second-order valence-corrected chi connectivity index (χ2v) is 9.58. The van der Waals surface area contributed by atoms with Crippen LogP contribution in [0.2, 0.25) is 0 Å². The van der Waals surface area contributed by atoms with E-state index in [1.165, 1.54) is 78.5 Å². The summed E-state index contributed by atoms with van der Waals surface area (Å²) in [6.07, 6.45) is 12.0. The fourth-order valence-electron chi connectivity index (χ4n) is 5.88. The summed E-state index contributed by atoms with van der Waals surface area (Å²) in [4.78, 5) is 0. The number of aryl methyl sites for hydroxylation is 3. The van der Waals surface area contributed by atoms with Crippen molar-refractivity contribution >= 4 is 0 Å². The number of benzene rings is 2. The molecule has 0 aliphatic heterocycles. The number of hydrogen-bond donors (Lipinski definition) is 0. The molecule has 1 aromatic heterocycles. The van der Waals surface area contributed by atoms with Crippen LogP contribution in [-0.2, 0) is 19.9 Å². The van der Waals surface area contributed by atoms with Crippen LogP contribution in [-0.4, -0.2) is 0 Å². The topological polar surface area (TPSA) is 3.88 Å². The Balaban J connectivity index is 1.55. The highest BCUT2D eigenvalue weighted by Gasteiger charge is 2.38. The van der Waals surface area contributed by atoms with Crippen molar-refractivity contribution in [2.45, 2.75) is 58.8 Å². The Morgan fingerprint density at radius 2 is 1.52 bits per heavy atom. The van der Waals surface area contributed by atoms with Gasteiger partial charge in [0.1, 0.15) is 7.05 Å². The largest absolute Gasteiger partial charge is 0.213 e. The van der Waals surface area contributed by atoms with Gasteiger partial charge in [-0.3, -0.25) is 0 Å². The molecule has 2 aromatic carbocycles. The summed E-state index contributed by atoms with van der Waals surface area (Å²) in [5.74, 6) is 0. The lowest BCUT2D eigenvalue weighted by Gasteiger charge is -2.33. The van der Waals surface area contributed by atoms with Crippen LogP contribution in [0.3, 0.4) is 0 Å². The second-order valence-electron chi connectivity index (χ2n) is 9.58. The van der Waals surface area contributed by atoms with Gasteiger partial charge in [0.15, 0.2) is 6.20 Å². The fraction of sp³-hybridized carbons (Fsp3) is 0.393. The number of fused-ring (bicyclic) bond motifs is 1. The molecular formula is C28H32N+. The predicted molar refractivity (Wildman–Crippen MR) is 121 cm³/mol. The maximum absolute atomic E-state index is 2.50. The molecule has 1 spiro atoms. The molecule has 1 heteroatoms. The normalized spacial score (nSPS) is 17.5. The molecule has 2 aliphatic rings. The first kappa shape index (κ1) is 18.6. The Kier molecular flexibility index (Phi) is 4.57. The van der Waals surface area contributed by atoms with Gasteiger partial charge in [0.25, 0.3) is 0 Å². The molecule has 0 saturated heterocycles. The predicted octanol–water partition coefficient (Wildman–Crippen LogP) is 6.51. The van der Waals surface area contributed by atoms with Gasteiger partial charge in [-0.1, -0.05) is 55.7 Å². The van der Waals surface area contributed by atoms with Gasteiger partial charge in [0, 0.05) is 17.2 Å². The van der Waals surface area contributed by atoms with Crippen LogP contribution in [0.4, 0.5) is 0 Å². The van der Waals surface area contributed by atoms with Crippen molar-refractivity contribution in [3.63, 3.8) is 0 Å². The first-order chi connectivity index (χ1) is 14.0. The van der Waals surface area contributed by atoms with Gasteiger partial charge in [-0.25, -0.2) is 4.57 Å². The third-order valence-corrected chi connectivity index (χ3v) is 7.46. The van der Waals surface area contributed by atoms with Crippen LogP contribution in [0.15, 0.2) is 54.7 Å². The summed E-state index contributed by atoms with van der Waals surface area (Å²) in [6.45, 7) is 4.45. The third-order valence-electron chi connectivity index (χ3n) is 7.46. The molecule has 0 radical (unpaired) electrons. The van der Waals surface area contributed by atoms with Crippen LogP contribution >= 0.6 is 0 Å². The summed E-state index contributed by atoms with van der Waals surface area (Å²) < 4.78 is 2.27. The lowest BCUT2D eigenvalue weighted by molar-refractivity contribution is -0.660. The van der Waals surface area contributed by atoms with E-state index in [1.54, 1.807) is 11.1 Å². The van der Waals surface area contributed by atoms with Gasteiger partial charge < -0.3 is 0 Å². The minimum absolute atomic E-state index is 0.573. The van der Waals surface area contributed by atoms with E-state index in [0.717, 1.165) is 0 Å². The minimum atomic E-state index is 0.573. The van der Waals surface area contributed by atoms with Gasteiger partial charge in [0.05, 0.1) is 0 Å². The Bertz CT molecular complexity index is 1070. The fourth-order valence-corrected chi connectivity index (χ4v) is 5.88. The van der Waals surface area contributed by atoms with Crippen LogP contribution in [0.25, 0.3) is 22.4 Å². The van der Waals surface area contributed by atoms with Crippen molar-refractivity contribution in [3.8, 4) is 22.4 Å². The Hall–Kier alpha value is -2.41. The molecule has 3 aromatic rings. The Labute approximate surface area is 175 Å². The van der Waals surface area contributed by atoms with Gasteiger partial charge in [-0.2, -0.15) is 0 Å². The summed E-state index contributed by atoms with van der Waals surface area (Å²) in [5.41, 5.74) is 11.8. The highest BCUT2D eigenvalue weighted by Crippen LogP contribution is 2.48. The molecule has 1 heterocycles. The molecule has 0 atom stereocenters. The summed E-state index contributed by atoms with van der Waals surface area (Å²) in [6, 6.07) is 18.4. The van der Waals surface area contributed by atoms with Crippen molar-refractivity contribution in [2.24, 2.45) is 12.5 Å². The monoisotopic (exact) mass is 382 g/mol. The van der Waals surface area contributed by atoms with E-state index in [1.807, 2.05) is 0 Å². The number of rotatable bonds is 2. The molecule has 1 saturated carbocycles. The second kappa shape index (κ2) is 7.13. The van der Waals surface area contributed by atoms with Crippen LogP contribution in [0, 0.1) is 19.3 Å². The van der Waals surface area contributed by atoms with Crippen LogP contribution in [0.5, 0.6) is 0 Å². The number of pyridine rings is 1. The molecule has 2 aliphatic carbocycles. The van der Waals surface area contributed by atoms with Crippen molar-refractivity contribution < 1.29 is 4.57 Å². The lowest BCUT2D eigenvalue weighted by Crippen LogP contribution is -2.31. The average Bonchev–Trinajstić information content (AvgIpc) is 3.06. The van der Waals surface area contributed by atoms with E-state index >= 15 is 0 Å². The van der Waals surface area contributed by atoms with E-state index in [-0.39, 0.29) is 0 Å². The highest BCUT2D eigenvalue weighted by molar-refractivity contribution is 5.73. The third kappa shape index (κ3) is 3.31. The Morgan fingerprint density at radius 3 is 2.31 bits per heavy atom. The maximum Gasteiger partial charge on any atom is 0.213 e. The van der Waals surface area contributed by atoms with Gasteiger partial charge in [-0.05, 0) is 78.8 Å². The quantitative estimate of drug-likeness (QED) is 0.445. The Morgan fingerprint density at radius 1 is 0.759 bits per heavy atom. The number of hydrogen-bond acceptors (Lipinski definition) is 0. The molecule has 5 rings (SSSR count).